The lowest BCUT2D eigenvalue weighted by Gasteiger charge is -2.31. The number of ether oxygens (including phenoxy) is 1. The predicted molar refractivity (Wildman–Crippen MR) is 241 cm³/mol. The molecule has 0 saturated heterocycles. The fourth-order valence-corrected chi connectivity index (χ4v) is 11.0. The average Bonchev–Trinajstić information content (AvgIpc) is 3.91. The summed E-state index contributed by atoms with van der Waals surface area (Å²) in [7, 11) is 0. The van der Waals surface area contributed by atoms with E-state index in [1.165, 1.54) is 77.4 Å². The Morgan fingerprint density at radius 2 is 0.983 bits per heavy atom. The molecule has 14 rings (SSSR count). The molecule has 0 bridgehead atoms. The first kappa shape index (κ1) is 31.4. The molecule has 2 aliphatic carbocycles. The summed E-state index contributed by atoms with van der Waals surface area (Å²) in [6.07, 6.45) is 0. The Morgan fingerprint density at radius 3 is 1.83 bits per heavy atom. The molecule has 0 amide bonds. The van der Waals surface area contributed by atoms with Crippen LogP contribution in [-0.4, -0.2) is 0 Å². The minimum Gasteiger partial charge on any atom is -0.456 e. The van der Waals surface area contributed by atoms with E-state index in [1.807, 2.05) is 6.07 Å². The third kappa shape index (κ3) is 4.05. The molecule has 59 heavy (non-hydrogen) atoms. The first-order valence-electron chi connectivity index (χ1n) is 20.4. The Kier molecular flexibility index (Phi) is 5.99. The van der Waals surface area contributed by atoms with Crippen molar-refractivity contribution in [2.24, 2.45) is 0 Å². The van der Waals surface area contributed by atoms with Gasteiger partial charge in [-0.25, -0.2) is 0 Å². The molecule has 1 aliphatic heterocycles. The molecule has 11 aromatic rings. The van der Waals surface area contributed by atoms with E-state index in [-0.39, 0.29) is 0 Å². The van der Waals surface area contributed by atoms with E-state index in [0.29, 0.717) is 0 Å². The first-order valence-corrected chi connectivity index (χ1v) is 20.4. The van der Waals surface area contributed by atoms with E-state index >= 15 is 0 Å². The Bertz CT molecular complexity index is 3610. The number of hydrogen-bond donors (Lipinski definition) is 0. The van der Waals surface area contributed by atoms with E-state index in [2.05, 4.69) is 188 Å². The summed E-state index contributed by atoms with van der Waals surface area (Å²) in [4.78, 5) is 0. The highest BCUT2D eigenvalue weighted by atomic mass is 16.5. The number of furan rings is 1. The molecule has 3 aliphatic rings. The zero-order chi connectivity index (χ0) is 38.4. The molecule has 0 radical (unpaired) electrons. The van der Waals surface area contributed by atoms with Gasteiger partial charge < -0.3 is 9.15 Å². The maximum atomic E-state index is 6.60. The van der Waals surface area contributed by atoms with Crippen LogP contribution in [-0.2, 0) is 5.41 Å². The van der Waals surface area contributed by atoms with Crippen molar-refractivity contribution in [1.82, 2.24) is 0 Å². The summed E-state index contributed by atoms with van der Waals surface area (Å²) in [5, 5.41) is 7.08. The lowest BCUT2D eigenvalue weighted by Crippen LogP contribution is -2.26. The molecule has 0 atom stereocenters. The van der Waals surface area contributed by atoms with Gasteiger partial charge in [-0.15, -0.1) is 0 Å². The topological polar surface area (TPSA) is 22.4 Å². The van der Waals surface area contributed by atoms with Crippen molar-refractivity contribution in [2.75, 3.05) is 0 Å². The van der Waals surface area contributed by atoms with Crippen molar-refractivity contribution in [3.8, 4) is 67.1 Å². The van der Waals surface area contributed by atoms with E-state index in [9.17, 15) is 0 Å². The minimum atomic E-state index is -0.527. The van der Waals surface area contributed by atoms with Gasteiger partial charge in [0.2, 0.25) is 0 Å². The maximum absolute atomic E-state index is 6.60. The van der Waals surface area contributed by atoms with E-state index in [4.69, 9.17) is 9.15 Å². The van der Waals surface area contributed by atoms with Gasteiger partial charge >= 0.3 is 0 Å². The molecule has 2 heterocycles. The van der Waals surface area contributed by atoms with Gasteiger partial charge in [-0.05, 0) is 149 Å². The second kappa shape index (κ2) is 11.2. The van der Waals surface area contributed by atoms with Gasteiger partial charge in [0.15, 0.2) is 0 Å². The van der Waals surface area contributed by atoms with Crippen LogP contribution in [0.15, 0.2) is 199 Å². The number of fused-ring (bicyclic) bond motifs is 16. The van der Waals surface area contributed by atoms with Crippen LogP contribution in [0, 0.1) is 0 Å². The Hall–Kier alpha value is -7.68. The Labute approximate surface area is 340 Å². The molecule has 1 aromatic heterocycles. The van der Waals surface area contributed by atoms with Crippen LogP contribution >= 0.6 is 0 Å². The SMILES string of the molecule is c1ccc2c(c1)-c1ccccc1C21c2cc3ccccc3cc2-c2c(-c3ccc4oc5ccccc5c4c3)cc(-c3ccc4c(c3)-c3cccc5cccc(c35)O4)cc21. The molecule has 1 spiro atoms. The monoisotopic (exact) mass is 748 g/mol. The van der Waals surface area contributed by atoms with Gasteiger partial charge in [0, 0.05) is 21.7 Å². The normalized spacial score (nSPS) is 13.7. The standard InChI is InChI=1S/C57H32O2/c1-2-12-35-31-49-46(28-34(35)11-1)56-43(37-24-26-52-44(29-37)41-17-5-8-21-51(41)58-52)30-38(32-50(56)57(49)47-19-6-3-15-39(47)40-16-4-7-20-48(40)57)36-23-25-53-45(27-36)42-18-9-13-33-14-10-22-54(59-53)55(33)42/h1-32H. The number of rotatable bonds is 2. The number of hydrogen-bond acceptors (Lipinski definition) is 2. The van der Waals surface area contributed by atoms with E-state index < -0.39 is 5.41 Å². The molecular formula is C57H32O2. The van der Waals surface area contributed by atoms with Gasteiger partial charge in [-0.2, -0.15) is 0 Å². The highest BCUT2D eigenvalue weighted by molar-refractivity contribution is 6.10. The predicted octanol–water partition coefficient (Wildman–Crippen LogP) is 15.3. The molecule has 0 unspecified atom stereocenters. The van der Waals surface area contributed by atoms with Gasteiger partial charge in [-0.1, -0.05) is 133 Å². The van der Waals surface area contributed by atoms with Crippen molar-refractivity contribution >= 4 is 43.5 Å². The third-order valence-electron chi connectivity index (χ3n) is 13.4. The summed E-state index contributed by atoms with van der Waals surface area (Å²) >= 11 is 0. The second-order valence-corrected chi connectivity index (χ2v) is 16.3. The molecule has 0 fully saturated rings. The molecule has 2 heteroatoms. The lowest BCUT2D eigenvalue weighted by molar-refractivity contribution is 0.487. The van der Waals surface area contributed by atoms with Crippen molar-refractivity contribution in [3.63, 3.8) is 0 Å². The maximum Gasteiger partial charge on any atom is 0.135 e. The van der Waals surface area contributed by atoms with Gasteiger partial charge in [-0.3, -0.25) is 0 Å². The molecule has 2 nitrogen and oxygen atoms in total. The fraction of sp³-hybridized carbons (Fsp3) is 0.0175. The summed E-state index contributed by atoms with van der Waals surface area (Å²) < 4.78 is 13.0. The Morgan fingerprint density at radius 1 is 0.322 bits per heavy atom. The Balaban J connectivity index is 1.12. The fourth-order valence-electron chi connectivity index (χ4n) is 11.0. The summed E-state index contributed by atoms with van der Waals surface area (Å²) in [5.41, 5.74) is 18.8. The molecular weight excluding hydrogens is 717 g/mol. The van der Waals surface area contributed by atoms with Crippen LogP contribution < -0.4 is 4.74 Å². The van der Waals surface area contributed by atoms with Crippen molar-refractivity contribution in [3.05, 3.63) is 216 Å². The highest BCUT2D eigenvalue weighted by Gasteiger charge is 2.52. The van der Waals surface area contributed by atoms with Crippen LogP contribution in [0.1, 0.15) is 22.3 Å². The molecule has 272 valence electrons. The van der Waals surface area contributed by atoms with Crippen LogP contribution in [0.2, 0.25) is 0 Å². The molecule has 0 N–H and O–H groups in total. The van der Waals surface area contributed by atoms with Crippen LogP contribution in [0.3, 0.4) is 0 Å². The zero-order valence-corrected chi connectivity index (χ0v) is 31.8. The zero-order valence-electron chi connectivity index (χ0n) is 31.8. The highest BCUT2D eigenvalue weighted by Crippen LogP contribution is 2.65. The quantitative estimate of drug-likeness (QED) is 0.176. The summed E-state index contributed by atoms with van der Waals surface area (Å²) in [6, 6.07) is 71.6. The van der Waals surface area contributed by atoms with Crippen molar-refractivity contribution in [2.45, 2.75) is 5.41 Å². The molecule has 10 aromatic carbocycles. The summed E-state index contributed by atoms with van der Waals surface area (Å²) in [5.74, 6) is 1.79. The summed E-state index contributed by atoms with van der Waals surface area (Å²) in [6.45, 7) is 0. The van der Waals surface area contributed by atoms with Crippen LogP contribution in [0.5, 0.6) is 11.5 Å². The van der Waals surface area contributed by atoms with Gasteiger partial charge in [0.05, 0.1) is 5.41 Å². The van der Waals surface area contributed by atoms with E-state index in [0.717, 1.165) is 55.5 Å². The number of para-hydroxylation sites is 1. The lowest BCUT2D eigenvalue weighted by atomic mass is 9.69. The van der Waals surface area contributed by atoms with Crippen LogP contribution in [0.4, 0.5) is 0 Å². The largest absolute Gasteiger partial charge is 0.456 e. The van der Waals surface area contributed by atoms with Gasteiger partial charge in [0.1, 0.15) is 22.7 Å². The smallest absolute Gasteiger partial charge is 0.135 e. The van der Waals surface area contributed by atoms with Crippen molar-refractivity contribution < 1.29 is 9.15 Å². The average molecular weight is 749 g/mol. The van der Waals surface area contributed by atoms with Crippen molar-refractivity contribution in [1.29, 1.82) is 0 Å². The first-order chi connectivity index (χ1) is 29.2. The number of benzene rings is 10. The third-order valence-corrected chi connectivity index (χ3v) is 13.4. The second-order valence-electron chi connectivity index (χ2n) is 16.3. The minimum absolute atomic E-state index is 0.527. The van der Waals surface area contributed by atoms with E-state index in [1.54, 1.807) is 0 Å². The molecule has 0 saturated carbocycles. The van der Waals surface area contributed by atoms with Crippen LogP contribution in [0.25, 0.3) is 99.1 Å². The van der Waals surface area contributed by atoms with Gasteiger partial charge in [0.25, 0.3) is 0 Å².